The molecule has 0 fully saturated rings. The maximum Gasteiger partial charge on any atom is 0.0544 e. The lowest BCUT2D eigenvalue weighted by Gasteiger charge is -2.13. The Morgan fingerprint density at radius 3 is 0.824 bits per heavy atom. The molecule has 2 heteroatoms. The third-order valence-electron chi connectivity index (χ3n) is 16.5. The highest BCUT2D eigenvalue weighted by Gasteiger charge is 2.28. The van der Waals surface area contributed by atoms with E-state index in [1.165, 1.54) is 166 Å². The average Bonchev–Trinajstić information content (AvgIpc) is 4.22. The molecule has 0 amide bonds. The summed E-state index contributed by atoms with van der Waals surface area (Å²) in [7, 11) is 0. The lowest BCUT2D eigenvalue weighted by molar-refractivity contribution is 1.17. The van der Waals surface area contributed by atoms with E-state index < -0.39 is 0 Å². The Hall–Kier alpha value is -8.46. The third kappa shape index (κ3) is 4.71. The van der Waals surface area contributed by atoms with Gasteiger partial charge in [0.05, 0.1) is 22.1 Å². The largest absolute Gasteiger partial charge is 0.309 e. The number of nitrogens with zero attached hydrogens (tertiary/aromatic N) is 2. The van der Waals surface area contributed by atoms with Crippen LogP contribution in [0.4, 0.5) is 0 Å². The fourth-order valence-corrected chi connectivity index (χ4v) is 13.4. The molecule has 2 aromatic heterocycles. The SMILES string of the molecule is c1ccc2c(c1)Cc1cc3c(cc1-2)c1cc2c(cc1n3-c1ccc3cc4cc(-n5c6cc7c(cc6c6cc8c(cc65)Cc5ccccc5-8)-c5ccccc5C7)ccc4cc3c1)Cc1ccccc1-2. The predicted octanol–water partition coefficient (Wildman–Crippen LogP) is 16.5. The summed E-state index contributed by atoms with van der Waals surface area (Å²) < 4.78 is 5.10. The molecule has 0 unspecified atom stereocenters. The van der Waals surface area contributed by atoms with Crippen molar-refractivity contribution in [3.05, 3.63) is 239 Å². The first-order chi connectivity index (χ1) is 33.6. The Labute approximate surface area is 392 Å². The van der Waals surface area contributed by atoms with Crippen LogP contribution in [0.5, 0.6) is 0 Å². The maximum absolute atomic E-state index is 2.55. The van der Waals surface area contributed by atoms with E-state index in [0.717, 1.165) is 25.7 Å². The van der Waals surface area contributed by atoms with Gasteiger partial charge >= 0.3 is 0 Å². The van der Waals surface area contributed by atoms with Crippen molar-refractivity contribution in [2.45, 2.75) is 25.7 Å². The monoisotopic (exact) mass is 860 g/mol. The molecule has 0 spiro atoms. The van der Waals surface area contributed by atoms with Gasteiger partial charge in [-0.25, -0.2) is 0 Å². The summed E-state index contributed by atoms with van der Waals surface area (Å²) in [5, 5.41) is 10.3. The molecule has 0 atom stereocenters. The van der Waals surface area contributed by atoms with E-state index in [2.05, 4.69) is 203 Å². The first-order valence-corrected chi connectivity index (χ1v) is 24.2. The molecule has 4 aliphatic rings. The first-order valence-electron chi connectivity index (χ1n) is 24.2. The topological polar surface area (TPSA) is 9.86 Å². The smallest absolute Gasteiger partial charge is 0.0544 e. The van der Waals surface area contributed by atoms with Crippen LogP contribution in [0.15, 0.2) is 194 Å². The molecule has 0 aliphatic heterocycles. The summed E-state index contributed by atoms with van der Waals surface area (Å²) >= 11 is 0. The standard InChI is InChI=1S/C66H40N2/c1-5-13-51-39(9-1)23-45-29-63-59(33-55(45)51)60-34-56-46(24-40-10-2-6-14-52(40)56)30-64(60)67(63)49-19-17-37-22-44-28-50(20-18-38(44)21-43(37)27-49)68-65-31-47-25-41-11-3-7-15-53(41)57(47)35-61(65)62-36-58-48(32-66(62)68)26-42-12-4-8-16-54(42)58/h1-22,27-36H,23-26H2. The van der Waals surface area contributed by atoms with Gasteiger partial charge in [0, 0.05) is 32.9 Å². The number of aromatic nitrogens is 2. The second kappa shape index (κ2) is 12.7. The van der Waals surface area contributed by atoms with Gasteiger partial charge in [0.2, 0.25) is 0 Å². The van der Waals surface area contributed by atoms with Crippen LogP contribution in [-0.4, -0.2) is 9.13 Å². The number of fused-ring (bicyclic) bond motifs is 20. The van der Waals surface area contributed by atoms with Crippen LogP contribution in [0.1, 0.15) is 44.5 Å². The number of benzene rings is 11. The molecule has 0 radical (unpaired) electrons. The highest BCUT2D eigenvalue weighted by atomic mass is 15.0. The predicted molar refractivity (Wildman–Crippen MR) is 283 cm³/mol. The Morgan fingerprint density at radius 1 is 0.221 bits per heavy atom. The molecule has 17 rings (SSSR count). The number of hydrogen-bond donors (Lipinski definition) is 0. The Balaban J connectivity index is 0.840. The van der Waals surface area contributed by atoms with Crippen LogP contribution in [-0.2, 0) is 25.7 Å². The first kappa shape index (κ1) is 35.8. The summed E-state index contributed by atoms with van der Waals surface area (Å²) in [5.41, 5.74) is 29.9. The molecule has 0 saturated heterocycles. The van der Waals surface area contributed by atoms with Crippen molar-refractivity contribution in [1.82, 2.24) is 9.13 Å². The second-order valence-corrected chi connectivity index (χ2v) is 20.0. The molecule has 0 saturated carbocycles. The molecular formula is C66H40N2. The maximum atomic E-state index is 2.55. The van der Waals surface area contributed by atoms with E-state index in [-0.39, 0.29) is 0 Å². The van der Waals surface area contributed by atoms with E-state index >= 15 is 0 Å². The Kier molecular flexibility index (Phi) is 6.68. The minimum Gasteiger partial charge on any atom is -0.309 e. The van der Waals surface area contributed by atoms with Crippen molar-refractivity contribution in [2.24, 2.45) is 0 Å². The summed E-state index contributed by atoms with van der Waals surface area (Å²) in [6, 6.07) is 74.8. The molecule has 4 aliphatic carbocycles. The zero-order valence-corrected chi connectivity index (χ0v) is 37.2. The van der Waals surface area contributed by atoms with Crippen LogP contribution in [0.25, 0.3) is 121 Å². The average molecular weight is 861 g/mol. The highest BCUT2D eigenvalue weighted by Crippen LogP contribution is 2.48. The van der Waals surface area contributed by atoms with E-state index in [0.29, 0.717) is 0 Å². The van der Waals surface area contributed by atoms with Gasteiger partial charge in [-0.2, -0.15) is 0 Å². The van der Waals surface area contributed by atoms with E-state index in [4.69, 9.17) is 0 Å². The molecule has 0 bridgehead atoms. The minimum atomic E-state index is 0.972. The van der Waals surface area contributed by atoms with Gasteiger partial charge < -0.3 is 9.13 Å². The van der Waals surface area contributed by atoms with Gasteiger partial charge in [-0.1, -0.05) is 109 Å². The minimum absolute atomic E-state index is 0.972. The van der Waals surface area contributed by atoms with Gasteiger partial charge in [0.1, 0.15) is 0 Å². The van der Waals surface area contributed by atoms with Gasteiger partial charge in [-0.15, -0.1) is 0 Å². The molecular weight excluding hydrogens is 821 g/mol. The van der Waals surface area contributed by atoms with Crippen LogP contribution < -0.4 is 0 Å². The van der Waals surface area contributed by atoms with E-state index in [1.54, 1.807) is 0 Å². The van der Waals surface area contributed by atoms with Crippen LogP contribution in [0.3, 0.4) is 0 Å². The van der Waals surface area contributed by atoms with E-state index in [1.807, 2.05) is 0 Å². The summed E-state index contributed by atoms with van der Waals surface area (Å²) in [6.07, 6.45) is 3.89. The van der Waals surface area contributed by atoms with Gasteiger partial charge in [-0.3, -0.25) is 0 Å². The second-order valence-electron chi connectivity index (χ2n) is 20.0. The molecule has 2 heterocycles. The molecule has 2 nitrogen and oxygen atoms in total. The van der Waals surface area contributed by atoms with Crippen molar-refractivity contribution >= 4 is 65.2 Å². The fourth-order valence-electron chi connectivity index (χ4n) is 13.4. The Morgan fingerprint density at radius 2 is 0.515 bits per heavy atom. The Bertz CT molecular complexity index is 3980. The molecule has 11 aromatic carbocycles. The zero-order valence-electron chi connectivity index (χ0n) is 37.2. The van der Waals surface area contributed by atoms with Crippen molar-refractivity contribution in [3.63, 3.8) is 0 Å². The lowest BCUT2D eigenvalue weighted by Crippen LogP contribution is -1.96. The molecule has 0 N–H and O–H groups in total. The fraction of sp³-hybridized carbons (Fsp3) is 0.0606. The van der Waals surface area contributed by atoms with Crippen LogP contribution in [0, 0.1) is 0 Å². The van der Waals surface area contributed by atoms with Crippen molar-refractivity contribution in [1.29, 1.82) is 0 Å². The normalized spacial score (nSPS) is 13.6. The summed E-state index contributed by atoms with van der Waals surface area (Å²) in [6.45, 7) is 0. The summed E-state index contributed by atoms with van der Waals surface area (Å²) in [4.78, 5) is 0. The van der Waals surface area contributed by atoms with Crippen LogP contribution >= 0.6 is 0 Å². The highest BCUT2D eigenvalue weighted by molar-refractivity contribution is 6.15. The molecule has 68 heavy (non-hydrogen) atoms. The zero-order chi connectivity index (χ0) is 43.9. The van der Waals surface area contributed by atoms with Crippen molar-refractivity contribution < 1.29 is 0 Å². The van der Waals surface area contributed by atoms with Crippen molar-refractivity contribution in [3.8, 4) is 55.9 Å². The number of hydrogen-bond acceptors (Lipinski definition) is 0. The lowest BCUT2D eigenvalue weighted by atomic mass is 10.00. The van der Waals surface area contributed by atoms with E-state index in [9.17, 15) is 0 Å². The van der Waals surface area contributed by atoms with Gasteiger partial charge in [-0.05, 0) is 221 Å². The molecule has 13 aromatic rings. The number of rotatable bonds is 2. The van der Waals surface area contributed by atoms with Crippen LogP contribution in [0.2, 0.25) is 0 Å². The van der Waals surface area contributed by atoms with Crippen molar-refractivity contribution in [2.75, 3.05) is 0 Å². The van der Waals surface area contributed by atoms with Gasteiger partial charge in [0.15, 0.2) is 0 Å². The third-order valence-corrected chi connectivity index (χ3v) is 16.5. The quantitative estimate of drug-likeness (QED) is 0.153. The van der Waals surface area contributed by atoms with Gasteiger partial charge in [0.25, 0.3) is 0 Å². The molecule has 314 valence electrons. The summed E-state index contributed by atoms with van der Waals surface area (Å²) in [5.74, 6) is 0.